The summed E-state index contributed by atoms with van der Waals surface area (Å²) in [5.41, 5.74) is -2.15. The molecule has 2 aliphatic rings. The summed E-state index contributed by atoms with van der Waals surface area (Å²) in [5.74, 6) is -1.24. The van der Waals surface area contributed by atoms with Crippen LogP contribution >= 0.6 is 0 Å². The van der Waals surface area contributed by atoms with Gasteiger partial charge in [-0.05, 0) is 27.2 Å². The van der Waals surface area contributed by atoms with Crippen LogP contribution in [0.1, 0.15) is 27.2 Å². The Morgan fingerprint density at radius 3 is 2.46 bits per heavy atom. The molecule has 0 bridgehead atoms. The van der Waals surface area contributed by atoms with Gasteiger partial charge in [0.25, 0.3) is 15.9 Å². The standard InChI is InChI=1S/C16H24N4O5S/c1-7-11-8-16(11,18-14(22)25-15(2,3)4)13(21)19-26(23,24)12-9-20(5,6)10-17-12/h7,9-11H,1,8H2,2-6H3,(H-,18,19,21,22)/p+1/t11-,16-/m1/s1. The van der Waals surface area contributed by atoms with Gasteiger partial charge in [0.1, 0.15) is 17.3 Å². The van der Waals surface area contributed by atoms with E-state index in [1.54, 1.807) is 34.9 Å². The first-order chi connectivity index (χ1) is 11.7. The molecule has 2 N–H and O–H groups in total. The van der Waals surface area contributed by atoms with Gasteiger partial charge in [-0.25, -0.2) is 9.52 Å². The number of aliphatic imine (C=N–C) groups is 1. The molecule has 1 heterocycles. The number of quaternary nitrogens is 1. The first-order valence-corrected chi connectivity index (χ1v) is 9.51. The van der Waals surface area contributed by atoms with Crippen LogP contribution in [-0.4, -0.2) is 56.5 Å². The Labute approximate surface area is 153 Å². The van der Waals surface area contributed by atoms with Crippen molar-refractivity contribution in [1.29, 1.82) is 0 Å². The molecule has 144 valence electrons. The lowest BCUT2D eigenvalue weighted by molar-refractivity contribution is -0.732. The van der Waals surface area contributed by atoms with E-state index in [4.69, 9.17) is 4.74 Å². The number of nitrogens with zero attached hydrogens (tertiary/aromatic N) is 2. The fraction of sp³-hybridized carbons (Fsp3) is 0.562. The second kappa shape index (κ2) is 6.20. The molecule has 0 spiro atoms. The first-order valence-electron chi connectivity index (χ1n) is 8.03. The maximum Gasteiger partial charge on any atom is 0.408 e. The SMILES string of the molecule is C=C[C@@H]1C[C@]1(NC(=O)OC(C)(C)C)C(=O)NS(=O)(=O)C1=C[N+](C)(C)C=N1. The molecule has 1 fully saturated rings. The molecule has 9 nitrogen and oxygen atoms in total. The predicted molar refractivity (Wildman–Crippen MR) is 96.2 cm³/mol. The van der Waals surface area contributed by atoms with Crippen molar-refractivity contribution in [2.75, 3.05) is 14.1 Å². The maximum atomic E-state index is 12.6. The highest BCUT2D eigenvalue weighted by molar-refractivity contribution is 7.93. The zero-order chi connectivity index (χ0) is 20.0. The van der Waals surface area contributed by atoms with Gasteiger partial charge >= 0.3 is 6.09 Å². The average Bonchev–Trinajstić information content (AvgIpc) is 3.02. The lowest BCUT2D eigenvalue weighted by atomic mass is 10.2. The minimum atomic E-state index is -4.15. The maximum absolute atomic E-state index is 12.6. The number of sulfonamides is 1. The van der Waals surface area contributed by atoms with Crippen molar-refractivity contribution >= 4 is 28.4 Å². The van der Waals surface area contributed by atoms with Crippen LogP contribution in [0.5, 0.6) is 0 Å². The first kappa shape index (κ1) is 20.1. The number of hydrogen-bond donors (Lipinski definition) is 2. The van der Waals surface area contributed by atoms with Gasteiger partial charge in [-0.1, -0.05) is 6.08 Å². The average molecular weight is 385 g/mol. The summed E-state index contributed by atoms with van der Waals surface area (Å²) in [7, 11) is -0.694. The van der Waals surface area contributed by atoms with E-state index in [0.717, 1.165) is 0 Å². The van der Waals surface area contributed by atoms with Gasteiger partial charge < -0.3 is 10.1 Å². The Hall–Kier alpha value is -2.20. The molecule has 2 amide bonds. The van der Waals surface area contributed by atoms with E-state index in [2.05, 4.69) is 16.9 Å². The smallest absolute Gasteiger partial charge is 0.408 e. The third-order valence-corrected chi connectivity index (χ3v) is 5.07. The number of amides is 2. The predicted octanol–water partition coefficient (Wildman–Crippen LogP) is 0.819. The Balaban J connectivity index is 2.16. The van der Waals surface area contributed by atoms with Crippen LogP contribution in [0.3, 0.4) is 0 Å². The molecule has 0 aromatic heterocycles. The highest BCUT2D eigenvalue weighted by Gasteiger charge is 2.61. The summed E-state index contributed by atoms with van der Waals surface area (Å²) >= 11 is 0. The minimum Gasteiger partial charge on any atom is -0.444 e. The number of carbonyl (C=O) groups excluding carboxylic acids is 2. The molecule has 0 radical (unpaired) electrons. The quantitative estimate of drug-likeness (QED) is 0.537. The Morgan fingerprint density at radius 2 is 2.04 bits per heavy atom. The molecule has 2 rings (SSSR count). The van der Waals surface area contributed by atoms with Gasteiger partial charge in [0, 0.05) is 5.92 Å². The lowest BCUT2D eigenvalue weighted by Gasteiger charge is -2.23. The normalized spacial score (nSPS) is 26.7. The van der Waals surface area contributed by atoms with E-state index in [0.29, 0.717) is 0 Å². The van der Waals surface area contributed by atoms with Gasteiger partial charge in [0.05, 0.1) is 14.1 Å². The Kier molecular flexibility index (Phi) is 4.80. The molecule has 26 heavy (non-hydrogen) atoms. The van der Waals surface area contributed by atoms with Crippen LogP contribution in [0.15, 0.2) is 28.9 Å². The molecular weight excluding hydrogens is 360 g/mol. The van der Waals surface area contributed by atoms with Crippen LogP contribution in [-0.2, 0) is 19.6 Å². The summed E-state index contributed by atoms with van der Waals surface area (Å²) in [6.07, 6.45) is 3.75. The van der Waals surface area contributed by atoms with Crippen LogP contribution in [0.2, 0.25) is 0 Å². The zero-order valence-electron chi connectivity index (χ0n) is 15.6. The molecule has 1 aliphatic heterocycles. The molecular formula is C16H25N4O5S+. The van der Waals surface area contributed by atoms with Crippen LogP contribution in [0.25, 0.3) is 0 Å². The molecule has 0 aromatic rings. The van der Waals surface area contributed by atoms with Crippen molar-refractivity contribution in [3.05, 3.63) is 23.9 Å². The van der Waals surface area contributed by atoms with Crippen molar-refractivity contribution in [1.82, 2.24) is 10.0 Å². The van der Waals surface area contributed by atoms with Crippen molar-refractivity contribution < 1.29 is 27.2 Å². The van der Waals surface area contributed by atoms with E-state index < -0.39 is 39.1 Å². The van der Waals surface area contributed by atoms with Crippen LogP contribution in [0, 0.1) is 5.92 Å². The van der Waals surface area contributed by atoms with Gasteiger partial charge in [0.2, 0.25) is 5.03 Å². The third-order valence-electron chi connectivity index (χ3n) is 3.86. The topological polar surface area (TPSA) is 114 Å². The number of nitrogens with one attached hydrogen (secondary N) is 2. The number of rotatable bonds is 5. The van der Waals surface area contributed by atoms with E-state index in [1.165, 1.54) is 18.6 Å². The summed E-state index contributed by atoms with van der Waals surface area (Å²) < 4.78 is 32.1. The minimum absolute atomic E-state index is 0.140. The largest absolute Gasteiger partial charge is 0.444 e. The zero-order valence-corrected chi connectivity index (χ0v) is 16.4. The van der Waals surface area contributed by atoms with E-state index >= 15 is 0 Å². The van der Waals surface area contributed by atoms with Gasteiger partial charge in [-0.15, -0.1) is 6.58 Å². The van der Waals surface area contributed by atoms with Crippen molar-refractivity contribution in [3.63, 3.8) is 0 Å². The fourth-order valence-corrected chi connectivity index (χ4v) is 3.61. The monoisotopic (exact) mass is 385 g/mol. The molecule has 1 saturated carbocycles. The molecule has 10 heteroatoms. The number of carbonyl (C=O) groups is 2. The van der Waals surface area contributed by atoms with Gasteiger partial charge in [0.15, 0.2) is 6.34 Å². The van der Waals surface area contributed by atoms with E-state index in [-0.39, 0.29) is 15.9 Å². The molecule has 0 saturated heterocycles. The van der Waals surface area contributed by atoms with Crippen molar-refractivity contribution in [2.24, 2.45) is 10.9 Å². The van der Waals surface area contributed by atoms with Crippen LogP contribution in [0.4, 0.5) is 4.79 Å². The lowest BCUT2D eigenvalue weighted by Crippen LogP contribution is -2.52. The Morgan fingerprint density at radius 1 is 1.42 bits per heavy atom. The van der Waals surface area contributed by atoms with Crippen LogP contribution < -0.4 is 10.0 Å². The van der Waals surface area contributed by atoms with E-state index in [1.807, 2.05) is 4.72 Å². The summed E-state index contributed by atoms with van der Waals surface area (Å²) in [5, 5.41) is 2.23. The van der Waals surface area contributed by atoms with Gasteiger partial charge in [-0.2, -0.15) is 13.4 Å². The number of hydrogen-bond acceptors (Lipinski definition) is 6. The summed E-state index contributed by atoms with van der Waals surface area (Å²) in [4.78, 5) is 28.5. The molecule has 1 aliphatic carbocycles. The number of alkyl carbamates (subject to hydrolysis) is 1. The summed E-state index contributed by atoms with van der Waals surface area (Å²) in [6.45, 7) is 8.68. The molecule has 0 unspecified atom stereocenters. The van der Waals surface area contributed by atoms with Gasteiger partial charge in [-0.3, -0.25) is 9.28 Å². The highest BCUT2D eigenvalue weighted by Crippen LogP contribution is 2.45. The molecule has 2 atom stereocenters. The highest BCUT2D eigenvalue weighted by atomic mass is 32.2. The number of ether oxygens (including phenoxy) is 1. The second-order valence-electron chi connectivity index (χ2n) is 7.92. The Bertz CT molecular complexity index is 807. The van der Waals surface area contributed by atoms with E-state index in [9.17, 15) is 18.0 Å². The third kappa shape index (κ3) is 4.31. The fourth-order valence-electron chi connectivity index (χ4n) is 2.48. The van der Waals surface area contributed by atoms with Crippen molar-refractivity contribution in [2.45, 2.75) is 38.3 Å². The van der Waals surface area contributed by atoms with Crippen molar-refractivity contribution in [3.8, 4) is 0 Å². The summed E-state index contributed by atoms with van der Waals surface area (Å²) in [6, 6.07) is 0. The second-order valence-corrected chi connectivity index (χ2v) is 9.55. The molecule has 0 aromatic carbocycles.